The van der Waals surface area contributed by atoms with Crippen molar-refractivity contribution in [3.63, 3.8) is 0 Å². The van der Waals surface area contributed by atoms with E-state index in [1.807, 2.05) is 0 Å². The maximum Gasteiger partial charge on any atom is 0.189 e. The smallest absolute Gasteiger partial charge is 0.189 e. The van der Waals surface area contributed by atoms with E-state index in [1.54, 1.807) is 4.57 Å². The van der Waals surface area contributed by atoms with Gasteiger partial charge in [-0.1, -0.05) is 23.8 Å². The van der Waals surface area contributed by atoms with Gasteiger partial charge in [0.2, 0.25) is 0 Å². The van der Waals surface area contributed by atoms with Gasteiger partial charge >= 0.3 is 0 Å². The first-order chi connectivity index (χ1) is 9.70. The fraction of sp³-hybridized carbons (Fsp3) is 0.353. The molecule has 4 rings (SSSR count). The molecule has 0 saturated heterocycles. The van der Waals surface area contributed by atoms with Crippen LogP contribution in [0.2, 0.25) is 0 Å². The minimum atomic E-state index is 0.439. The van der Waals surface area contributed by atoms with Crippen LogP contribution in [-0.4, -0.2) is 17.2 Å². The van der Waals surface area contributed by atoms with Crippen LogP contribution in [-0.2, 0) is 6.42 Å². The number of rotatable bonds is 0. The van der Waals surface area contributed by atoms with E-state index in [2.05, 4.69) is 49.6 Å². The highest BCUT2D eigenvalue weighted by Gasteiger charge is 2.33. The average Bonchev–Trinajstić information content (AvgIpc) is 2.73. The third-order valence-electron chi connectivity index (χ3n) is 4.81. The SMILES string of the molecule is CC1=C[C@@H]2c3cccc4c3c(c(C)n4C#N)C[C@H]2NC1. The van der Waals surface area contributed by atoms with E-state index in [1.165, 1.54) is 22.1 Å². The quantitative estimate of drug-likeness (QED) is 0.742. The fourth-order valence-electron chi connectivity index (χ4n) is 3.85. The van der Waals surface area contributed by atoms with Crippen LogP contribution in [0.25, 0.3) is 10.9 Å². The number of nitrogens with zero attached hydrogens (tertiary/aromatic N) is 2. The second kappa shape index (κ2) is 3.97. The molecule has 3 nitrogen and oxygen atoms in total. The molecule has 2 atom stereocenters. The minimum Gasteiger partial charge on any atom is -0.309 e. The monoisotopic (exact) mass is 263 g/mol. The highest BCUT2D eigenvalue weighted by Crippen LogP contribution is 2.41. The maximum atomic E-state index is 9.42. The van der Waals surface area contributed by atoms with Gasteiger partial charge in [-0.05, 0) is 37.5 Å². The zero-order valence-electron chi connectivity index (χ0n) is 11.8. The zero-order valence-corrected chi connectivity index (χ0v) is 11.8. The number of hydrogen-bond donors (Lipinski definition) is 1. The van der Waals surface area contributed by atoms with Crippen molar-refractivity contribution in [2.75, 3.05) is 6.54 Å². The molecule has 1 aliphatic heterocycles. The number of hydrogen-bond acceptors (Lipinski definition) is 2. The molecule has 2 heterocycles. The van der Waals surface area contributed by atoms with Gasteiger partial charge < -0.3 is 5.32 Å². The molecular weight excluding hydrogens is 246 g/mol. The third-order valence-corrected chi connectivity index (χ3v) is 4.81. The summed E-state index contributed by atoms with van der Waals surface area (Å²) >= 11 is 0. The molecule has 2 aliphatic rings. The van der Waals surface area contributed by atoms with Crippen LogP contribution in [0.3, 0.4) is 0 Å². The molecule has 0 radical (unpaired) electrons. The largest absolute Gasteiger partial charge is 0.309 e. The molecule has 100 valence electrons. The Morgan fingerprint density at radius 3 is 3.00 bits per heavy atom. The van der Waals surface area contributed by atoms with Gasteiger partial charge in [-0.25, -0.2) is 0 Å². The first-order valence-corrected chi connectivity index (χ1v) is 7.14. The van der Waals surface area contributed by atoms with Crippen molar-refractivity contribution in [3.05, 3.63) is 46.7 Å². The first-order valence-electron chi connectivity index (χ1n) is 7.14. The van der Waals surface area contributed by atoms with Gasteiger partial charge in [0.25, 0.3) is 0 Å². The van der Waals surface area contributed by atoms with Crippen LogP contribution in [0.4, 0.5) is 0 Å². The second-order valence-electron chi connectivity index (χ2n) is 5.97. The number of nitriles is 1. The van der Waals surface area contributed by atoms with Gasteiger partial charge in [0, 0.05) is 29.6 Å². The molecular formula is C17H17N3. The molecule has 1 aromatic carbocycles. The van der Waals surface area contributed by atoms with Crippen molar-refractivity contribution in [1.82, 2.24) is 9.88 Å². The molecule has 1 aromatic heterocycles. The summed E-state index contributed by atoms with van der Waals surface area (Å²) in [6.07, 6.45) is 5.74. The summed E-state index contributed by atoms with van der Waals surface area (Å²) in [5.74, 6) is 0.439. The number of aromatic nitrogens is 1. The Morgan fingerprint density at radius 1 is 1.35 bits per heavy atom. The Morgan fingerprint density at radius 2 is 2.20 bits per heavy atom. The standard InChI is InChI=1S/C17H17N3/c1-10-6-14-12-4-3-5-16-17(12)13(7-15(14)19-8-10)11(2)20(16)9-18/h3-6,14-15,19H,7-8H2,1-2H3/t14-,15-/m1/s1. The molecule has 0 saturated carbocycles. The molecule has 0 bridgehead atoms. The summed E-state index contributed by atoms with van der Waals surface area (Å²) < 4.78 is 1.78. The van der Waals surface area contributed by atoms with Crippen molar-refractivity contribution in [2.24, 2.45) is 0 Å². The lowest BCUT2D eigenvalue weighted by Gasteiger charge is -2.35. The normalized spacial score (nSPS) is 24.1. The zero-order chi connectivity index (χ0) is 13.9. The lowest BCUT2D eigenvalue weighted by Crippen LogP contribution is -2.42. The molecule has 1 aliphatic carbocycles. The van der Waals surface area contributed by atoms with Gasteiger partial charge in [-0.3, -0.25) is 4.57 Å². The van der Waals surface area contributed by atoms with Crippen molar-refractivity contribution in [1.29, 1.82) is 5.26 Å². The molecule has 2 aromatic rings. The van der Waals surface area contributed by atoms with E-state index in [-0.39, 0.29) is 0 Å². The summed E-state index contributed by atoms with van der Waals surface area (Å²) in [6.45, 7) is 5.22. The maximum absolute atomic E-state index is 9.42. The van der Waals surface area contributed by atoms with E-state index in [0.717, 1.165) is 24.2 Å². The van der Waals surface area contributed by atoms with E-state index in [4.69, 9.17) is 0 Å². The summed E-state index contributed by atoms with van der Waals surface area (Å²) in [5.41, 5.74) is 6.29. The van der Waals surface area contributed by atoms with Gasteiger partial charge in [0.05, 0.1) is 5.52 Å². The Labute approximate surface area is 118 Å². The highest BCUT2D eigenvalue weighted by atomic mass is 15.0. The molecule has 0 spiro atoms. The molecule has 20 heavy (non-hydrogen) atoms. The predicted octanol–water partition coefficient (Wildman–Crippen LogP) is 2.84. The number of benzene rings is 1. The van der Waals surface area contributed by atoms with Crippen molar-refractivity contribution in [2.45, 2.75) is 32.2 Å². The van der Waals surface area contributed by atoms with Crippen LogP contribution in [0.15, 0.2) is 29.8 Å². The second-order valence-corrected chi connectivity index (χ2v) is 5.97. The average molecular weight is 263 g/mol. The van der Waals surface area contributed by atoms with Crippen LogP contribution < -0.4 is 5.32 Å². The van der Waals surface area contributed by atoms with E-state index < -0.39 is 0 Å². The van der Waals surface area contributed by atoms with E-state index in [9.17, 15) is 5.26 Å². The van der Waals surface area contributed by atoms with Crippen molar-refractivity contribution >= 4 is 10.9 Å². The molecule has 1 N–H and O–H groups in total. The summed E-state index contributed by atoms with van der Waals surface area (Å²) in [7, 11) is 0. The van der Waals surface area contributed by atoms with Crippen LogP contribution in [0.5, 0.6) is 0 Å². The van der Waals surface area contributed by atoms with E-state index in [0.29, 0.717) is 12.0 Å². The predicted molar refractivity (Wildman–Crippen MR) is 79.7 cm³/mol. The van der Waals surface area contributed by atoms with Gasteiger partial charge in [-0.2, -0.15) is 5.26 Å². The Kier molecular flexibility index (Phi) is 2.33. The number of fused-ring (bicyclic) bond motifs is 2. The minimum absolute atomic E-state index is 0.439. The van der Waals surface area contributed by atoms with Gasteiger partial charge in [0.1, 0.15) is 0 Å². The highest BCUT2D eigenvalue weighted by molar-refractivity contribution is 5.91. The summed E-state index contributed by atoms with van der Waals surface area (Å²) in [6, 6.07) is 6.83. The topological polar surface area (TPSA) is 40.8 Å². The van der Waals surface area contributed by atoms with Gasteiger partial charge in [0.15, 0.2) is 6.19 Å². The first kappa shape index (κ1) is 11.7. The Balaban J connectivity index is 2.07. The molecule has 0 fully saturated rings. The van der Waals surface area contributed by atoms with Crippen LogP contribution >= 0.6 is 0 Å². The van der Waals surface area contributed by atoms with Crippen LogP contribution in [0.1, 0.15) is 29.7 Å². The Hall–Kier alpha value is -2.05. The molecule has 3 heteroatoms. The number of nitrogens with one attached hydrogen (secondary N) is 1. The lowest BCUT2D eigenvalue weighted by molar-refractivity contribution is 0.461. The lowest BCUT2D eigenvalue weighted by atomic mass is 9.77. The molecule has 0 unspecified atom stereocenters. The third kappa shape index (κ3) is 1.37. The molecule has 0 amide bonds. The summed E-state index contributed by atoms with van der Waals surface area (Å²) in [4.78, 5) is 0. The van der Waals surface area contributed by atoms with Crippen LogP contribution in [0, 0.1) is 18.4 Å². The van der Waals surface area contributed by atoms with E-state index >= 15 is 0 Å². The fourth-order valence-corrected chi connectivity index (χ4v) is 3.85. The summed E-state index contributed by atoms with van der Waals surface area (Å²) in [5, 5.41) is 14.4. The van der Waals surface area contributed by atoms with Crippen molar-refractivity contribution < 1.29 is 0 Å². The van der Waals surface area contributed by atoms with Gasteiger partial charge in [-0.15, -0.1) is 0 Å². The van der Waals surface area contributed by atoms with Crippen molar-refractivity contribution in [3.8, 4) is 6.19 Å². The Bertz CT molecular complexity index is 789.